The van der Waals surface area contributed by atoms with Gasteiger partial charge in [0, 0.05) is 6.61 Å². The molecule has 0 saturated carbocycles. The Labute approximate surface area is 57.1 Å². The molecule has 0 aliphatic heterocycles. The molecule has 1 atom stereocenters. The third kappa shape index (κ3) is 2.82. The molecular formula is C7H17NO. The van der Waals surface area contributed by atoms with E-state index in [1.807, 2.05) is 0 Å². The molecule has 2 nitrogen and oxygen atoms in total. The van der Waals surface area contributed by atoms with Crippen molar-refractivity contribution in [3.8, 4) is 0 Å². The third-order valence-electron chi connectivity index (χ3n) is 2.06. The predicted molar refractivity (Wildman–Crippen MR) is 39.2 cm³/mol. The van der Waals surface area contributed by atoms with Gasteiger partial charge in [-0.15, -0.1) is 0 Å². The van der Waals surface area contributed by atoms with Gasteiger partial charge in [-0.25, -0.2) is 0 Å². The van der Waals surface area contributed by atoms with E-state index < -0.39 is 0 Å². The first kappa shape index (κ1) is 8.92. The molecule has 0 saturated heterocycles. The molecule has 1 unspecified atom stereocenters. The van der Waals surface area contributed by atoms with Crippen LogP contribution in [0.1, 0.15) is 26.7 Å². The fourth-order valence-corrected chi connectivity index (χ4v) is 0.693. The first-order valence-electron chi connectivity index (χ1n) is 3.49. The Morgan fingerprint density at radius 3 is 2.22 bits per heavy atom. The van der Waals surface area contributed by atoms with Crippen molar-refractivity contribution in [1.29, 1.82) is 0 Å². The van der Waals surface area contributed by atoms with E-state index in [4.69, 9.17) is 10.8 Å². The molecule has 0 amide bonds. The van der Waals surface area contributed by atoms with Gasteiger partial charge in [-0.1, -0.05) is 13.8 Å². The molecule has 0 rings (SSSR count). The summed E-state index contributed by atoms with van der Waals surface area (Å²) in [7, 11) is 0. The van der Waals surface area contributed by atoms with Crippen LogP contribution in [0.25, 0.3) is 0 Å². The summed E-state index contributed by atoms with van der Waals surface area (Å²) in [6.07, 6.45) is 1.87. The Morgan fingerprint density at radius 2 is 2.11 bits per heavy atom. The summed E-state index contributed by atoms with van der Waals surface area (Å²) in [5.74, 6) is 0. The highest BCUT2D eigenvalue weighted by Gasteiger charge is 2.18. The first-order valence-corrected chi connectivity index (χ1v) is 3.49. The number of hydrogen-bond acceptors (Lipinski definition) is 2. The van der Waals surface area contributed by atoms with E-state index >= 15 is 0 Å². The molecule has 0 aromatic heterocycles. The van der Waals surface area contributed by atoms with Crippen LogP contribution in [0.15, 0.2) is 0 Å². The van der Waals surface area contributed by atoms with Crippen LogP contribution < -0.4 is 5.73 Å². The average Bonchev–Trinajstić information content (AvgIpc) is 1.89. The summed E-state index contributed by atoms with van der Waals surface area (Å²) in [6, 6.07) is 0. The lowest BCUT2D eigenvalue weighted by Crippen LogP contribution is -2.27. The Bertz CT molecular complexity index is 69.3. The largest absolute Gasteiger partial charge is 0.396 e. The van der Waals surface area contributed by atoms with Crippen molar-refractivity contribution < 1.29 is 5.11 Å². The predicted octanol–water partition coefficient (Wildman–Crippen LogP) is 0.744. The molecule has 56 valence electrons. The Kier molecular flexibility index (Phi) is 3.82. The summed E-state index contributed by atoms with van der Waals surface area (Å²) in [6.45, 7) is 5.12. The van der Waals surface area contributed by atoms with E-state index in [9.17, 15) is 0 Å². The minimum atomic E-state index is 0.161. The summed E-state index contributed by atoms with van der Waals surface area (Å²) in [5, 5.41) is 8.61. The highest BCUT2D eigenvalue weighted by atomic mass is 16.3. The zero-order valence-electron chi connectivity index (χ0n) is 6.35. The van der Waals surface area contributed by atoms with Gasteiger partial charge in [-0.2, -0.15) is 0 Å². The summed E-state index contributed by atoms with van der Waals surface area (Å²) >= 11 is 0. The Balaban J connectivity index is 3.62. The Morgan fingerprint density at radius 1 is 1.56 bits per heavy atom. The lowest BCUT2D eigenvalue weighted by molar-refractivity contribution is 0.197. The number of hydrogen-bond donors (Lipinski definition) is 2. The zero-order valence-corrected chi connectivity index (χ0v) is 6.35. The van der Waals surface area contributed by atoms with Crippen molar-refractivity contribution in [1.82, 2.24) is 0 Å². The van der Waals surface area contributed by atoms with Crippen molar-refractivity contribution in [2.24, 2.45) is 11.1 Å². The van der Waals surface area contributed by atoms with E-state index in [1.165, 1.54) is 0 Å². The van der Waals surface area contributed by atoms with Crippen molar-refractivity contribution >= 4 is 0 Å². The van der Waals surface area contributed by atoms with Crippen LogP contribution in [-0.4, -0.2) is 18.3 Å². The molecule has 0 aromatic carbocycles. The van der Waals surface area contributed by atoms with E-state index in [-0.39, 0.29) is 12.0 Å². The normalized spacial score (nSPS) is 17.3. The second-order valence-electron chi connectivity index (χ2n) is 2.84. The Hall–Kier alpha value is -0.0800. The molecule has 0 radical (unpaired) electrons. The van der Waals surface area contributed by atoms with Crippen LogP contribution >= 0.6 is 0 Å². The number of aliphatic hydroxyl groups excluding tert-OH is 1. The van der Waals surface area contributed by atoms with Gasteiger partial charge >= 0.3 is 0 Å². The molecular weight excluding hydrogens is 114 g/mol. The molecule has 0 aliphatic carbocycles. The summed E-state index contributed by atoms with van der Waals surface area (Å²) in [5.41, 5.74) is 5.65. The van der Waals surface area contributed by atoms with Crippen molar-refractivity contribution in [2.45, 2.75) is 26.7 Å². The highest BCUT2D eigenvalue weighted by molar-refractivity contribution is 4.72. The van der Waals surface area contributed by atoms with E-state index in [0.717, 1.165) is 12.8 Å². The standard InChI is InChI=1S/C7H17NO/c1-3-7(2,6-8)4-5-9/h9H,3-6,8H2,1-2H3. The molecule has 0 aliphatic rings. The minimum absolute atomic E-state index is 0.161. The highest BCUT2D eigenvalue weighted by Crippen LogP contribution is 2.22. The lowest BCUT2D eigenvalue weighted by atomic mass is 9.85. The molecule has 0 heterocycles. The van der Waals surface area contributed by atoms with Crippen molar-refractivity contribution in [2.75, 3.05) is 13.2 Å². The lowest BCUT2D eigenvalue weighted by Gasteiger charge is -2.24. The third-order valence-corrected chi connectivity index (χ3v) is 2.06. The van der Waals surface area contributed by atoms with Gasteiger partial charge in [0.05, 0.1) is 0 Å². The fraction of sp³-hybridized carbons (Fsp3) is 1.00. The fourth-order valence-electron chi connectivity index (χ4n) is 0.693. The second kappa shape index (κ2) is 3.85. The SMILES string of the molecule is CCC(C)(CN)CCO. The van der Waals surface area contributed by atoms with Crippen LogP contribution in [0.2, 0.25) is 0 Å². The molecule has 3 N–H and O–H groups in total. The maximum absolute atomic E-state index is 8.61. The van der Waals surface area contributed by atoms with Gasteiger partial charge in [-0.05, 0) is 24.8 Å². The van der Waals surface area contributed by atoms with Gasteiger partial charge in [0.15, 0.2) is 0 Å². The van der Waals surface area contributed by atoms with Gasteiger partial charge in [-0.3, -0.25) is 0 Å². The number of rotatable bonds is 4. The van der Waals surface area contributed by atoms with Crippen LogP contribution in [0.5, 0.6) is 0 Å². The zero-order chi connectivity index (χ0) is 7.33. The van der Waals surface area contributed by atoms with E-state index in [0.29, 0.717) is 6.54 Å². The van der Waals surface area contributed by atoms with Crippen LogP contribution in [0.3, 0.4) is 0 Å². The molecule has 2 heteroatoms. The quantitative estimate of drug-likeness (QED) is 0.591. The summed E-state index contributed by atoms with van der Waals surface area (Å²) in [4.78, 5) is 0. The average molecular weight is 131 g/mol. The molecule has 9 heavy (non-hydrogen) atoms. The molecule has 0 aromatic rings. The topological polar surface area (TPSA) is 46.2 Å². The van der Waals surface area contributed by atoms with E-state index in [1.54, 1.807) is 0 Å². The monoisotopic (exact) mass is 131 g/mol. The van der Waals surface area contributed by atoms with E-state index in [2.05, 4.69) is 13.8 Å². The molecule has 0 bridgehead atoms. The number of nitrogens with two attached hydrogens (primary N) is 1. The molecule has 0 spiro atoms. The number of aliphatic hydroxyl groups is 1. The second-order valence-corrected chi connectivity index (χ2v) is 2.84. The maximum atomic E-state index is 8.61. The summed E-state index contributed by atoms with van der Waals surface area (Å²) < 4.78 is 0. The first-order chi connectivity index (χ1) is 4.18. The van der Waals surface area contributed by atoms with Gasteiger partial charge in [0.25, 0.3) is 0 Å². The van der Waals surface area contributed by atoms with Crippen molar-refractivity contribution in [3.63, 3.8) is 0 Å². The van der Waals surface area contributed by atoms with Gasteiger partial charge < -0.3 is 10.8 Å². The van der Waals surface area contributed by atoms with Crippen molar-refractivity contribution in [3.05, 3.63) is 0 Å². The van der Waals surface area contributed by atoms with Crippen LogP contribution in [0, 0.1) is 5.41 Å². The van der Waals surface area contributed by atoms with Crippen LogP contribution in [-0.2, 0) is 0 Å². The van der Waals surface area contributed by atoms with Gasteiger partial charge in [0.2, 0.25) is 0 Å². The molecule has 0 fully saturated rings. The smallest absolute Gasteiger partial charge is 0.0436 e. The van der Waals surface area contributed by atoms with Crippen LogP contribution in [0.4, 0.5) is 0 Å². The minimum Gasteiger partial charge on any atom is -0.396 e. The van der Waals surface area contributed by atoms with Gasteiger partial charge in [0.1, 0.15) is 0 Å². The maximum Gasteiger partial charge on any atom is 0.0436 e.